The van der Waals surface area contributed by atoms with Crippen LogP contribution in [0, 0.1) is 0 Å². The second-order valence-electron chi connectivity index (χ2n) is 2.76. The standard InChI is InChI=1S/C9H9BrN2O4/c10-6-1-2-8(7(5-6)9(13)14)11-3-4-12(15)16/h1-5,11,15-16H,(H,13,14)/p-1/b4-3+. The van der Waals surface area contributed by atoms with Crippen LogP contribution >= 0.6 is 15.9 Å². The van der Waals surface area contributed by atoms with E-state index in [9.17, 15) is 9.90 Å². The number of halogens is 1. The molecule has 0 aliphatic rings. The number of carboxylic acid groups (broad SMARTS) is 1. The zero-order valence-corrected chi connectivity index (χ0v) is 9.51. The van der Waals surface area contributed by atoms with Crippen molar-refractivity contribution in [3.05, 3.63) is 40.6 Å². The van der Waals surface area contributed by atoms with Crippen LogP contribution in [0.5, 0.6) is 0 Å². The van der Waals surface area contributed by atoms with Crippen LogP contribution in [0.1, 0.15) is 10.4 Å². The van der Waals surface area contributed by atoms with Gasteiger partial charge in [-0.3, -0.25) is 10.4 Å². The molecule has 3 N–H and O–H groups in total. The fraction of sp³-hybridized carbons (Fsp3) is 0. The highest BCUT2D eigenvalue weighted by atomic mass is 79.9. The van der Waals surface area contributed by atoms with Crippen LogP contribution in [-0.4, -0.2) is 21.6 Å². The molecule has 1 aromatic carbocycles. The first kappa shape index (κ1) is 12.5. The van der Waals surface area contributed by atoms with E-state index in [0.717, 1.165) is 12.4 Å². The molecule has 6 nitrogen and oxygen atoms in total. The third-order valence-electron chi connectivity index (χ3n) is 1.65. The Bertz CT molecular complexity index is 420. The molecular weight excluding hydrogens is 280 g/mol. The Morgan fingerprint density at radius 2 is 2.19 bits per heavy atom. The minimum Gasteiger partial charge on any atom is -0.545 e. The molecule has 0 radical (unpaired) electrons. The fourth-order valence-electron chi connectivity index (χ4n) is 1.00. The highest BCUT2D eigenvalue weighted by Gasteiger charge is 2.02. The van der Waals surface area contributed by atoms with Crippen LogP contribution < -0.4 is 10.4 Å². The summed E-state index contributed by atoms with van der Waals surface area (Å²) in [6, 6.07) is 4.53. The second-order valence-corrected chi connectivity index (χ2v) is 3.67. The predicted octanol–water partition coefficient (Wildman–Crippen LogP) is 0.776. The van der Waals surface area contributed by atoms with Crippen molar-refractivity contribution in [3.63, 3.8) is 0 Å². The third kappa shape index (κ3) is 3.54. The number of rotatable bonds is 4. The summed E-state index contributed by atoms with van der Waals surface area (Å²) in [6.07, 6.45) is 2.05. The molecule has 0 aromatic heterocycles. The van der Waals surface area contributed by atoms with Crippen molar-refractivity contribution >= 4 is 27.6 Å². The van der Waals surface area contributed by atoms with Gasteiger partial charge in [0.1, 0.15) is 0 Å². The Morgan fingerprint density at radius 1 is 1.50 bits per heavy atom. The maximum Gasteiger partial charge on any atom is 0.0742 e. The molecule has 0 aliphatic carbocycles. The lowest BCUT2D eigenvalue weighted by Crippen LogP contribution is -2.23. The minimum atomic E-state index is -1.33. The van der Waals surface area contributed by atoms with Crippen molar-refractivity contribution in [3.8, 4) is 0 Å². The van der Waals surface area contributed by atoms with Crippen molar-refractivity contribution in [1.29, 1.82) is 0 Å². The first-order valence-corrected chi connectivity index (χ1v) is 4.91. The van der Waals surface area contributed by atoms with Gasteiger partial charge in [0.05, 0.1) is 12.2 Å². The number of hydrogen-bond donors (Lipinski definition) is 3. The molecule has 0 heterocycles. The monoisotopic (exact) mass is 287 g/mol. The molecular formula is C9H8BrN2O4-. The van der Waals surface area contributed by atoms with E-state index in [1.54, 1.807) is 6.07 Å². The van der Waals surface area contributed by atoms with Gasteiger partial charge in [0, 0.05) is 21.9 Å². The summed E-state index contributed by atoms with van der Waals surface area (Å²) in [4.78, 5) is 10.8. The molecule has 0 atom stereocenters. The number of carboxylic acids is 1. The first-order chi connectivity index (χ1) is 7.50. The molecule has 16 heavy (non-hydrogen) atoms. The van der Waals surface area contributed by atoms with E-state index >= 15 is 0 Å². The molecule has 0 amide bonds. The van der Waals surface area contributed by atoms with Crippen LogP contribution in [0.3, 0.4) is 0 Å². The van der Waals surface area contributed by atoms with Crippen LogP contribution in [-0.2, 0) is 0 Å². The molecule has 0 bridgehead atoms. The molecule has 0 unspecified atom stereocenters. The van der Waals surface area contributed by atoms with Crippen LogP contribution in [0.25, 0.3) is 0 Å². The number of carbonyl (C=O) groups excluding carboxylic acids is 1. The van der Waals surface area contributed by atoms with E-state index in [-0.39, 0.29) is 16.5 Å². The van der Waals surface area contributed by atoms with Crippen LogP contribution in [0.15, 0.2) is 35.1 Å². The molecule has 0 aliphatic heterocycles. The van der Waals surface area contributed by atoms with Crippen molar-refractivity contribution in [2.24, 2.45) is 0 Å². The van der Waals surface area contributed by atoms with Gasteiger partial charge in [-0.1, -0.05) is 15.9 Å². The topological polar surface area (TPSA) is 95.9 Å². The van der Waals surface area contributed by atoms with Crippen molar-refractivity contribution in [2.75, 3.05) is 5.32 Å². The molecule has 1 rings (SSSR count). The maximum absolute atomic E-state index is 10.8. The highest BCUT2D eigenvalue weighted by Crippen LogP contribution is 2.20. The van der Waals surface area contributed by atoms with Crippen molar-refractivity contribution < 1.29 is 20.3 Å². The van der Waals surface area contributed by atoms with E-state index in [1.165, 1.54) is 12.1 Å². The van der Waals surface area contributed by atoms with Gasteiger partial charge in [0.15, 0.2) is 0 Å². The molecule has 7 heteroatoms. The highest BCUT2D eigenvalue weighted by molar-refractivity contribution is 9.10. The second kappa shape index (κ2) is 5.50. The molecule has 0 saturated heterocycles. The van der Waals surface area contributed by atoms with Gasteiger partial charge in [-0.05, 0) is 18.2 Å². The largest absolute Gasteiger partial charge is 0.545 e. The number of carbonyl (C=O) groups is 1. The lowest BCUT2D eigenvalue weighted by Gasteiger charge is -2.10. The predicted molar refractivity (Wildman–Crippen MR) is 56.6 cm³/mol. The van der Waals surface area contributed by atoms with Gasteiger partial charge in [-0.15, -0.1) is 5.23 Å². The van der Waals surface area contributed by atoms with E-state index in [4.69, 9.17) is 10.4 Å². The Morgan fingerprint density at radius 3 is 2.75 bits per heavy atom. The lowest BCUT2D eigenvalue weighted by molar-refractivity contribution is -0.267. The molecule has 0 saturated carbocycles. The van der Waals surface area contributed by atoms with E-state index < -0.39 is 5.97 Å². The normalized spacial score (nSPS) is 10.4. The molecule has 0 spiro atoms. The summed E-state index contributed by atoms with van der Waals surface area (Å²) in [6.45, 7) is 0. The van der Waals surface area contributed by atoms with Gasteiger partial charge >= 0.3 is 0 Å². The Balaban J connectivity index is 2.91. The average molecular weight is 288 g/mol. The maximum atomic E-state index is 10.8. The SMILES string of the molecule is O=C([O-])c1cc(Br)ccc1N/C=C/N(O)O. The quantitative estimate of drug-likeness (QED) is 0.708. The van der Waals surface area contributed by atoms with Gasteiger partial charge in [0.2, 0.25) is 0 Å². The zero-order chi connectivity index (χ0) is 12.1. The summed E-state index contributed by atoms with van der Waals surface area (Å²) >= 11 is 3.13. The summed E-state index contributed by atoms with van der Waals surface area (Å²) in [5.74, 6) is -1.33. The van der Waals surface area contributed by atoms with Crippen molar-refractivity contribution in [1.82, 2.24) is 5.23 Å². The van der Waals surface area contributed by atoms with Gasteiger partial charge in [-0.25, -0.2) is 0 Å². The van der Waals surface area contributed by atoms with Gasteiger partial charge in [-0.2, -0.15) is 0 Å². The fourth-order valence-corrected chi connectivity index (χ4v) is 1.37. The smallest absolute Gasteiger partial charge is 0.0742 e. The van der Waals surface area contributed by atoms with E-state index in [0.29, 0.717) is 4.47 Å². The lowest BCUT2D eigenvalue weighted by atomic mass is 10.2. The number of hydrogen-bond acceptors (Lipinski definition) is 6. The van der Waals surface area contributed by atoms with Crippen molar-refractivity contribution in [2.45, 2.75) is 0 Å². The summed E-state index contributed by atoms with van der Waals surface area (Å²) in [5.41, 5.74) is 0.239. The molecule has 86 valence electrons. The minimum absolute atomic E-state index is 0.0403. The van der Waals surface area contributed by atoms with E-state index in [1.807, 2.05) is 0 Å². The number of aromatic carboxylic acids is 1. The summed E-state index contributed by atoms with van der Waals surface area (Å²) in [5, 5.41) is 29.9. The summed E-state index contributed by atoms with van der Waals surface area (Å²) in [7, 11) is 0. The van der Waals surface area contributed by atoms with E-state index in [2.05, 4.69) is 21.2 Å². The Labute approximate surface area is 99.5 Å². The number of anilines is 1. The summed E-state index contributed by atoms with van der Waals surface area (Å²) < 4.78 is 0.604. The van der Waals surface area contributed by atoms with Crippen LogP contribution in [0.2, 0.25) is 0 Å². The zero-order valence-electron chi connectivity index (χ0n) is 7.92. The first-order valence-electron chi connectivity index (χ1n) is 4.12. The number of nitrogens with zero attached hydrogens (tertiary/aromatic N) is 1. The number of benzene rings is 1. The van der Waals surface area contributed by atoms with Gasteiger partial charge < -0.3 is 15.2 Å². The number of hydroxylamine groups is 2. The Kier molecular flexibility index (Phi) is 4.29. The third-order valence-corrected chi connectivity index (χ3v) is 2.14. The van der Waals surface area contributed by atoms with Crippen LogP contribution in [0.4, 0.5) is 5.69 Å². The van der Waals surface area contributed by atoms with Gasteiger partial charge in [0.25, 0.3) is 0 Å². The number of nitrogens with one attached hydrogen (secondary N) is 1. The molecule has 1 aromatic rings. The Hall–Kier alpha value is -1.57. The molecule has 0 fully saturated rings. The average Bonchev–Trinajstić information content (AvgIpc) is 2.19.